The molecule has 3 aromatic rings. The lowest BCUT2D eigenvalue weighted by Gasteiger charge is -2.16. The van der Waals surface area contributed by atoms with Gasteiger partial charge >= 0.3 is 0 Å². The van der Waals surface area contributed by atoms with Gasteiger partial charge in [0.05, 0.1) is 17.7 Å². The smallest absolute Gasteiger partial charge is 0.257 e. The minimum absolute atomic E-state index is 0.162. The van der Waals surface area contributed by atoms with Crippen LogP contribution in [0.5, 0.6) is 5.75 Å². The Labute approximate surface area is 186 Å². The molecule has 9 heteroatoms. The lowest BCUT2D eigenvalue weighted by Crippen LogP contribution is -2.28. The second-order valence-electron chi connectivity index (χ2n) is 6.90. The molecule has 0 spiro atoms. The normalized spacial score (nSPS) is 11.5. The molecule has 164 valence electrons. The van der Waals surface area contributed by atoms with Crippen LogP contribution < -0.4 is 10.1 Å². The van der Waals surface area contributed by atoms with Crippen molar-refractivity contribution in [2.75, 3.05) is 26.0 Å². The predicted octanol–water partition coefficient (Wildman–Crippen LogP) is 4.49. The zero-order valence-corrected chi connectivity index (χ0v) is 19.3. The number of benzene rings is 2. The van der Waals surface area contributed by atoms with Gasteiger partial charge in [0.15, 0.2) is 5.13 Å². The average Bonchev–Trinajstić information content (AvgIpc) is 3.25. The molecule has 0 fully saturated rings. The minimum Gasteiger partial charge on any atom is -0.496 e. The molecule has 31 heavy (non-hydrogen) atoms. The summed E-state index contributed by atoms with van der Waals surface area (Å²) in [7, 11) is -0.408. The molecular formula is C22H25N3O4S2. The molecule has 0 aliphatic rings. The molecule has 1 aromatic heterocycles. The van der Waals surface area contributed by atoms with E-state index >= 15 is 0 Å². The predicted molar refractivity (Wildman–Crippen MR) is 123 cm³/mol. The molecule has 1 N–H and O–H groups in total. The van der Waals surface area contributed by atoms with Crippen LogP contribution in [-0.4, -0.2) is 44.3 Å². The summed E-state index contributed by atoms with van der Waals surface area (Å²) in [5.41, 5.74) is 1.89. The summed E-state index contributed by atoms with van der Waals surface area (Å²) in [6.45, 7) is 2.47. The van der Waals surface area contributed by atoms with Gasteiger partial charge in [-0.2, -0.15) is 0 Å². The molecule has 0 aliphatic heterocycles. The molecule has 1 amide bonds. The summed E-state index contributed by atoms with van der Waals surface area (Å²) in [5, 5.41) is 5.05. The first kappa shape index (κ1) is 22.9. The number of hydrogen-bond donors (Lipinski definition) is 1. The lowest BCUT2D eigenvalue weighted by atomic mass is 10.1. The summed E-state index contributed by atoms with van der Waals surface area (Å²) < 4.78 is 31.9. The second-order valence-corrected chi connectivity index (χ2v) is 9.80. The number of rotatable bonds is 9. The molecule has 3 rings (SSSR count). The van der Waals surface area contributed by atoms with E-state index in [2.05, 4.69) is 10.3 Å². The Kier molecular flexibility index (Phi) is 7.42. The molecule has 0 radical (unpaired) electrons. The summed E-state index contributed by atoms with van der Waals surface area (Å²) in [6.07, 6.45) is 1.70. The van der Waals surface area contributed by atoms with Crippen LogP contribution in [0.2, 0.25) is 0 Å². The third kappa shape index (κ3) is 5.30. The Morgan fingerprint density at radius 3 is 2.55 bits per heavy atom. The summed E-state index contributed by atoms with van der Waals surface area (Å²) in [6, 6.07) is 13.4. The molecule has 0 unspecified atom stereocenters. The first-order valence-corrected chi connectivity index (χ1v) is 12.2. The van der Waals surface area contributed by atoms with E-state index in [0.29, 0.717) is 28.7 Å². The van der Waals surface area contributed by atoms with E-state index in [9.17, 15) is 13.2 Å². The lowest BCUT2D eigenvalue weighted by molar-refractivity contribution is 0.102. The Morgan fingerprint density at radius 1 is 1.16 bits per heavy atom. The van der Waals surface area contributed by atoms with Crippen molar-refractivity contribution in [3.05, 3.63) is 59.5 Å². The number of para-hydroxylation sites is 1. The maximum Gasteiger partial charge on any atom is 0.257 e. The fraction of sp³-hybridized carbons (Fsp3) is 0.273. The van der Waals surface area contributed by atoms with Gasteiger partial charge in [-0.25, -0.2) is 17.7 Å². The van der Waals surface area contributed by atoms with E-state index in [0.717, 1.165) is 18.4 Å². The summed E-state index contributed by atoms with van der Waals surface area (Å²) in [5.74, 6) is 0.343. The van der Waals surface area contributed by atoms with Gasteiger partial charge < -0.3 is 4.74 Å². The molecule has 0 bridgehead atoms. The molecule has 0 atom stereocenters. The van der Waals surface area contributed by atoms with Crippen LogP contribution >= 0.6 is 11.3 Å². The monoisotopic (exact) mass is 459 g/mol. The number of sulfonamides is 1. The average molecular weight is 460 g/mol. The number of nitrogens with one attached hydrogen (secondary N) is 1. The van der Waals surface area contributed by atoms with Gasteiger partial charge in [0.1, 0.15) is 5.75 Å². The molecule has 7 nitrogen and oxygen atoms in total. The number of hydrogen-bond acceptors (Lipinski definition) is 6. The number of anilines is 1. The van der Waals surface area contributed by atoms with Gasteiger partial charge in [-0.15, -0.1) is 11.3 Å². The highest BCUT2D eigenvalue weighted by molar-refractivity contribution is 7.89. The molecule has 0 aliphatic carbocycles. The van der Waals surface area contributed by atoms with Gasteiger partial charge in [-0.05, 0) is 42.8 Å². The molecule has 1 heterocycles. The number of carbonyl (C=O) groups excluding carboxylic acids is 1. The first-order chi connectivity index (χ1) is 14.9. The number of unbranched alkanes of at least 4 members (excludes halogenated alkanes) is 1. The summed E-state index contributed by atoms with van der Waals surface area (Å²) >= 11 is 1.30. The van der Waals surface area contributed by atoms with Crippen LogP contribution in [0.3, 0.4) is 0 Å². The minimum atomic E-state index is -3.57. The molecule has 0 saturated carbocycles. The van der Waals surface area contributed by atoms with E-state index in [1.54, 1.807) is 14.2 Å². The number of methoxy groups -OCH3 is 1. The number of thiazole rings is 1. The Hall–Kier alpha value is -2.75. The van der Waals surface area contributed by atoms with E-state index in [1.807, 2.05) is 36.6 Å². The summed E-state index contributed by atoms with van der Waals surface area (Å²) in [4.78, 5) is 17.2. The van der Waals surface area contributed by atoms with Crippen LogP contribution in [0.25, 0.3) is 11.3 Å². The van der Waals surface area contributed by atoms with Crippen molar-refractivity contribution in [2.45, 2.75) is 24.7 Å². The Morgan fingerprint density at radius 2 is 1.87 bits per heavy atom. The molecule has 0 saturated heterocycles. The third-order valence-corrected chi connectivity index (χ3v) is 7.39. The van der Waals surface area contributed by atoms with Crippen LogP contribution in [0.1, 0.15) is 30.1 Å². The Balaban J connectivity index is 1.71. The van der Waals surface area contributed by atoms with Gasteiger partial charge in [-0.1, -0.05) is 25.5 Å². The largest absolute Gasteiger partial charge is 0.496 e. The fourth-order valence-electron chi connectivity index (χ4n) is 2.94. The van der Waals surface area contributed by atoms with Crippen molar-refractivity contribution in [1.82, 2.24) is 9.29 Å². The highest BCUT2D eigenvalue weighted by atomic mass is 32.2. The van der Waals surface area contributed by atoms with Crippen molar-refractivity contribution >= 4 is 32.4 Å². The van der Waals surface area contributed by atoms with Gasteiger partial charge in [-0.3, -0.25) is 10.1 Å². The van der Waals surface area contributed by atoms with Gasteiger partial charge in [0.2, 0.25) is 10.0 Å². The van der Waals surface area contributed by atoms with Crippen LogP contribution in [0.4, 0.5) is 5.13 Å². The van der Waals surface area contributed by atoms with Crippen molar-refractivity contribution in [1.29, 1.82) is 0 Å². The quantitative estimate of drug-likeness (QED) is 0.509. The number of ether oxygens (including phenoxy) is 1. The number of amides is 1. The zero-order chi connectivity index (χ0) is 22.4. The van der Waals surface area contributed by atoms with Crippen LogP contribution in [0, 0.1) is 0 Å². The highest BCUT2D eigenvalue weighted by Crippen LogP contribution is 2.32. The number of carbonyl (C=O) groups is 1. The second kappa shape index (κ2) is 10.0. The third-order valence-electron chi connectivity index (χ3n) is 4.76. The zero-order valence-electron chi connectivity index (χ0n) is 17.7. The standard InChI is InChI=1S/C22H25N3O4S2/c1-4-5-14-25(2)31(27,28)17-12-10-16(11-13-17)21(26)24-22-23-19(15-30-22)18-8-6-7-9-20(18)29-3/h6-13,15H,4-5,14H2,1-3H3,(H,23,24,26). The molecular weight excluding hydrogens is 434 g/mol. The van der Waals surface area contributed by atoms with Crippen molar-refractivity contribution in [2.24, 2.45) is 0 Å². The number of aromatic nitrogens is 1. The van der Waals surface area contributed by atoms with Gasteiger partial charge in [0.25, 0.3) is 5.91 Å². The van der Waals surface area contributed by atoms with E-state index in [1.165, 1.54) is 39.9 Å². The SMILES string of the molecule is CCCCN(C)S(=O)(=O)c1ccc(C(=O)Nc2nc(-c3ccccc3OC)cs2)cc1. The fourth-order valence-corrected chi connectivity index (χ4v) is 4.85. The van der Waals surface area contributed by atoms with E-state index < -0.39 is 10.0 Å². The highest BCUT2D eigenvalue weighted by Gasteiger charge is 2.20. The van der Waals surface area contributed by atoms with E-state index in [4.69, 9.17) is 4.74 Å². The van der Waals surface area contributed by atoms with Crippen molar-refractivity contribution < 1.29 is 17.9 Å². The van der Waals surface area contributed by atoms with E-state index in [-0.39, 0.29) is 10.8 Å². The van der Waals surface area contributed by atoms with Crippen molar-refractivity contribution in [3.63, 3.8) is 0 Å². The number of nitrogens with zero attached hydrogens (tertiary/aromatic N) is 2. The van der Waals surface area contributed by atoms with Gasteiger partial charge in [0, 0.05) is 30.1 Å². The van der Waals surface area contributed by atoms with Crippen LogP contribution in [0.15, 0.2) is 58.8 Å². The Bertz CT molecular complexity index is 1140. The first-order valence-electron chi connectivity index (χ1n) is 9.83. The van der Waals surface area contributed by atoms with Crippen LogP contribution in [-0.2, 0) is 10.0 Å². The maximum atomic E-state index is 12.6. The van der Waals surface area contributed by atoms with Crippen molar-refractivity contribution in [3.8, 4) is 17.0 Å². The molecule has 2 aromatic carbocycles. The maximum absolute atomic E-state index is 12.6. The topological polar surface area (TPSA) is 88.6 Å².